The normalized spacial score (nSPS) is 12.9. The maximum Gasteiger partial charge on any atom is 4.00 e. The zero-order chi connectivity index (χ0) is 40.0. The molecule has 0 fully saturated rings. The number of ether oxygens (including phenoxy) is 1. The molecule has 61 heavy (non-hydrogen) atoms. The molecule has 6 heteroatoms. The van der Waals surface area contributed by atoms with Gasteiger partial charge in [0.1, 0.15) is 0 Å². The maximum absolute atomic E-state index is 6.60. The molecule has 0 aromatic heterocycles. The molecule has 11 rings (SSSR count). The summed E-state index contributed by atoms with van der Waals surface area (Å²) in [7, 11) is 0. The van der Waals surface area contributed by atoms with Crippen LogP contribution in [0, 0.1) is 32.4 Å². The van der Waals surface area contributed by atoms with E-state index in [9.17, 15) is 0 Å². The quantitative estimate of drug-likeness (QED) is 0.141. The minimum absolute atomic E-state index is 0. The molecule has 0 aliphatic carbocycles. The molecular formula is C55H38N4OPt. The van der Waals surface area contributed by atoms with Crippen molar-refractivity contribution in [3.8, 4) is 33.8 Å². The summed E-state index contributed by atoms with van der Waals surface area (Å²) in [6.07, 6.45) is 0. The third-order valence-electron chi connectivity index (χ3n) is 11.2. The van der Waals surface area contributed by atoms with Gasteiger partial charge in [0.05, 0.1) is 0 Å². The van der Waals surface area contributed by atoms with Gasteiger partial charge in [-0.15, -0.1) is 61.1 Å². The van der Waals surface area contributed by atoms with E-state index in [4.69, 9.17) is 4.74 Å². The number of benzene rings is 9. The summed E-state index contributed by atoms with van der Waals surface area (Å²) in [5, 5.41) is 2.34. The molecule has 0 amide bonds. The fraction of sp³-hybridized carbons (Fsp3) is 0.0182. The van der Waals surface area contributed by atoms with Gasteiger partial charge in [-0.05, 0) is 53.8 Å². The van der Waals surface area contributed by atoms with Gasteiger partial charge in [-0.3, -0.25) is 0 Å². The van der Waals surface area contributed by atoms with E-state index in [-0.39, 0.29) is 21.1 Å². The minimum atomic E-state index is 0. The molecule has 5 nitrogen and oxygen atoms in total. The standard InChI is InChI=1S/C55H38N4O.Pt/c1-39-29-32-43(33-30-39)56-37-57(52-28-11-10-27-51(52)56)44-20-12-22-46(35-44)60-47-23-13-21-45(36-47)58-38-59(55-50-24-9-8-19-42(50)31-34-53(55)58)54-48(40-15-4-2-5-16-40)25-14-26-49(54)41-17-6-3-7-18-41;/h2-34,37-38H,1H3;/q-4;+4. The fourth-order valence-corrected chi connectivity index (χ4v) is 8.40. The molecule has 0 bridgehead atoms. The number of anilines is 8. The Morgan fingerprint density at radius 2 is 0.934 bits per heavy atom. The SMILES string of the molecule is Cc1ccc(N2[CH-]N(c3[c-]c(Oc4[c-]c(N5[CH-]N(c6c(-c7ccccc7)cccc6-c6ccccc6)c6c5ccc5ccccc65)ccc4)ccc3)c3ccccc32)cc1.[Pt+4]. The van der Waals surface area contributed by atoms with Crippen LogP contribution >= 0.6 is 0 Å². The van der Waals surface area contributed by atoms with Crippen molar-refractivity contribution in [2.24, 2.45) is 0 Å². The third kappa shape index (κ3) is 7.01. The summed E-state index contributed by atoms with van der Waals surface area (Å²) in [5.41, 5.74) is 14.1. The van der Waals surface area contributed by atoms with Crippen LogP contribution in [0.5, 0.6) is 11.5 Å². The molecule has 0 saturated heterocycles. The van der Waals surface area contributed by atoms with Crippen LogP contribution in [-0.4, -0.2) is 0 Å². The van der Waals surface area contributed by atoms with Crippen LogP contribution in [0.25, 0.3) is 33.0 Å². The van der Waals surface area contributed by atoms with Gasteiger partial charge in [0.15, 0.2) is 0 Å². The summed E-state index contributed by atoms with van der Waals surface area (Å²) in [5.74, 6) is 1.19. The largest absolute Gasteiger partial charge is 4.00 e. The van der Waals surface area contributed by atoms with Crippen molar-refractivity contribution in [3.63, 3.8) is 0 Å². The summed E-state index contributed by atoms with van der Waals surface area (Å²) in [6.45, 7) is 6.43. The zero-order valence-electron chi connectivity index (χ0n) is 33.2. The second kappa shape index (κ2) is 16.2. The van der Waals surface area contributed by atoms with E-state index in [0.717, 1.165) is 73.1 Å². The van der Waals surface area contributed by atoms with E-state index in [1.165, 1.54) is 10.9 Å². The molecule has 0 atom stereocenters. The van der Waals surface area contributed by atoms with E-state index in [0.29, 0.717) is 11.5 Å². The average Bonchev–Trinajstić information content (AvgIpc) is 3.90. The van der Waals surface area contributed by atoms with Crippen LogP contribution in [0.3, 0.4) is 0 Å². The molecule has 0 saturated carbocycles. The van der Waals surface area contributed by atoms with Crippen LogP contribution in [-0.2, 0) is 21.1 Å². The van der Waals surface area contributed by atoms with Gasteiger partial charge in [-0.2, -0.15) is 12.1 Å². The molecule has 2 aliphatic heterocycles. The Kier molecular flexibility index (Phi) is 10.1. The van der Waals surface area contributed by atoms with Crippen molar-refractivity contribution >= 4 is 56.3 Å². The van der Waals surface area contributed by atoms with Gasteiger partial charge < -0.3 is 24.3 Å². The van der Waals surface area contributed by atoms with Gasteiger partial charge in [-0.1, -0.05) is 139 Å². The number of fused-ring (bicyclic) bond motifs is 4. The molecule has 9 aromatic carbocycles. The van der Waals surface area contributed by atoms with E-state index >= 15 is 0 Å². The van der Waals surface area contributed by atoms with Gasteiger partial charge in [0.2, 0.25) is 0 Å². The number of hydrogen-bond donors (Lipinski definition) is 0. The van der Waals surface area contributed by atoms with Crippen LogP contribution in [0.15, 0.2) is 200 Å². The van der Waals surface area contributed by atoms with Gasteiger partial charge in [0, 0.05) is 62.1 Å². The van der Waals surface area contributed by atoms with Crippen LogP contribution < -0.4 is 24.3 Å². The Morgan fingerprint density at radius 3 is 1.57 bits per heavy atom. The molecule has 2 heterocycles. The van der Waals surface area contributed by atoms with Crippen molar-refractivity contribution in [1.29, 1.82) is 0 Å². The topological polar surface area (TPSA) is 22.2 Å². The average molecular weight is 966 g/mol. The van der Waals surface area contributed by atoms with Gasteiger partial charge in [-0.25, -0.2) is 0 Å². The maximum atomic E-state index is 6.60. The Labute approximate surface area is 371 Å². The smallest absolute Gasteiger partial charge is 0.509 e. The molecule has 0 spiro atoms. The first-order chi connectivity index (χ1) is 29.7. The molecule has 0 N–H and O–H groups in total. The second-order valence-electron chi connectivity index (χ2n) is 15.0. The Bertz CT molecular complexity index is 2950. The number of aryl methyl sites for hydroxylation is 1. The molecular weight excluding hydrogens is 928 g/mol. The van der Waals surface area contributed by atoms with E-state index in [1.807, 2.05) is 24.3 Å². The van der Waals surface area contributed by atoms with Crippen LogP contribution in [0.1, 0.15) is 5.56 Å². The molecule has 0 unspecified atom stereocenters. The molecule has 9 aromatic rings. The second-order valence-corrected chi connectivity index (χ2v) is 15.0. The molecule has 2 aliphatic rings. The zero-order valence-corrected chi connectivity index (χ0v) is 35.5. The Balaban J connectivity index is 0.00000445. The van der Waals surface area contributed by atoms with Crippen molar-refractivity contribution in [2.75, 3.05) is 19.6 Å². The summed E-state index contributed by atoms with van der Waals surface area (Å²) >= 11 is 0. The number of rotatable bonds is 8. The van der Waals surface area contributed by atoms with Crippen LogP contribution in [0.4, 0.5) is 45.5 Å². The first-order valence-corrected chi connectivity index (χ1v) is 20.2. The predicted octanol–water partition coefficient (Wildman–Crippen LogP) is 14.7. The predicted molar refractivity (Wildman–Crippen MR) is 247 cm³/mol. The Morgan fingerprint density at radius 1 is 0.410 bits per heavy atom. The number of hydrogen-bond acceptors (Lipinski definition) is 5. The van der Waals surface area contributed by atoms with E-state index < -0.39 is 0 Å². The molecule has 0 radical (unpaired) electrons. The van der Waals surface area contributed by atoms with Crippen molar-refractivity contribution in [3.05, 3.63) is 231 Å². The van der Waals surface area contributed by atoms with E-state index in [2.05, 4.69) is 228 Å². The van der Waals surface area contributed by atoms with Crippen molar-refractivity contribution in [1.82, 2.24) is 0 Å². The van der Waals surface area contributed by atoms with Gasteiger partial charge in [0.25, 0.3) is 0 Å². The first-order valence-electron chi connectivity index (χ1n) is 20.2. The Hall–Kier alpha value is -7.07. The summed E-state index contributed by atoms with van der Waals surface area (Å²) in [6, 6.07) is 77.2. The minimum Gasteiger partial charge on any atom is -0.509 e. The summed E-state index contributed by atoms with van der Waals surface area (Å²) in [4.78, 5) is 8.96. The number of nitrogens with zero attached hydrogens (tertiary/aromatic N) is 4. The third-order valence-corrected chi connectivity index (χ3v) is 11.2. The summed E-state index contributed by atoms with van der Waals surface area (Å²) < 4.78 is 6.60. The van der Waals surface area contributed by atoms with Crippen molar-refractivity contribution in [2.45, 2.75) is 6.92 Å². The first kappa shape index (κ1) is 38.2. The molecule has 294 valence electrons. The number of para-hydroxylation sites is 3. The monoisotopic (exact) mass is 965 g/mol. The van der Waals surface area contributed by atoms with Crippen LogP contribution in [0.2, 0.25) is 0 Å². The van der Waals surface area contributed by atoms with E-state index in [1.54, 1.807) is 0 Å². The van der Waals surface area contributed by atoms with Gasteiger partial charge >= 0.3 is 21.1 Å². The fourth-order valence-electron chi connectivity index (χ4n) is 8.40. The van der Waals surface area contributed by atoms with Crippen molar-refractivity contribution < 1.29 is 25.8 Å².